The monoisotopic (exact) mass is 242 g/mol. The zero-order valence-electron chi connectivity index (χ0n) is 8.87. The molecule has 0 aromatic rings. The predicted octanol–water partition coefficient (Wildman–Crippen LogP) is 2.86. The van der Waals surface area contributed by atoms with E-state index < -0.39 is 5.97 Å². The number of carboxylic acid groups (broad SMARTS) is 1. The molecule has 0 aromatic carbocycles. The van der Waals surface area contributed by atoms with Crippen molar-refractivity contribution in [2.24, 2.45) is 0 Å². The Balaban J connectivity index is 0. The Morgan fingerprint density at radius 3 is 1.67 bits per heavy atom. The van der Waals surface area contributed by atoms with Gasteiger partial charge in [0.15, 0.2) is 0 Å². The minimum atomic E-state index is -0.668. The SMILES string of the molecule is O=C(O)CCCCCCCCCCS.[NaH]. The number of carboxylic acids is 1. The molecule has 0 rings (SSSR count). The fraction of sp³-hybridized carbons (Fsp3) is 0.909. The van der Waals surface area contributed by atoms with Crippen LogP contribution in [0.4, 0.5) is 0 Å². The van der Waals surface area contributed by atoms with E-state index in [-0.39, 0.29) is 29.6 Å². The van der Waals surface area contributed by atoms with E-state index in [2.05, 4.69) is 12.6 Å². The fourth-order valence-corrected chi connectivity index (χ4v) is 1.67. The van der Waals surface area contributed by atoms with E-state index in [9.17, 15) is 4.79 Å². The van der Waals surface area contributed by atoms with E-state index >= 15 is 0 Å². The molecule has 0 saturated heterocycles. The Morgan fingerprint density at radius 1 is 0.867 bits per heavy atom. The van der Waals surface area contributed by atoms with Crippen LogP contribution in [-0.4, -0.2) is 46.4 Å². The van der Waals surface area contributed by atoms with Gasteiger partial charge in [0.1, 0.15) is 0 Å². The fourth-order valence-electron chi connectivity index (χ4n) is 1.45. The summed E-state index contributed by atoms with van der Waals surface area (Å²) in [5.41, 5.74) is 0. The molecule has 0 aromatic heterocycles. The van der Waals surface area contributed by atoms with Crippen molar-refractivity contribution in [1.29, 1.82) is 0 Å². The van der Waals surface area contributed by atoms with Gasteiger partial charge >= 0.3 is 35.5 Å². The van der Waals surface area contributed by atoms with Gasteiger partial charge in [-0.25, -0.2) is 0 Å². The normalized spacial score (nSPS) is 9.67. The number of unbranched alkanes of at least 4 members (excludes halogenated alkanes) is 7. The summed E-state index contributed by atoms with van der Waals surface area (Å²) in [7, 11) is 0. The summed E-state index contributed by atoms with van der Waals surface area (Å²) >= 11 is 4.16. The Labute approximate surface area is 121 Å². The van der Waals surface area contributed by atoms with Crippen LogP contribution in [0.3, 0.4) is 0 Å². The van der Waals surface area contributed by atoms with Crippen LogP contribution < -0.4 is 0 Å². The van der Waals surface area contributed by atoms with E-state index in [0.29, 0.717) is 6.42 Å². The van der Waals surface area contributed by atoms with Gasteiger partial charge in [-0.1, -0.05) is 38.5 Å². The van der Waals surface area contributed by atoms with Crippen LogP contribution in [0, 0.1) is 0 Å². The average molecular weight is 242 g/mol. The van der Waals surface area contributed by atoms with Crippen molar-refractivity contribution in [3.63, 3.8) is 0 Å². The van der Waals surface area contributed by atoms with Gasteiger partial charge in [0.25, 0.3) is 0 Å². The van der Waals surface area contributed by atoms with E-state index in [0.717, 1.165) is 18.6 Å². The first-order valence-electron chi connectivity index (χ1n) is 5.60. The number of hydrogen-bond acceptors (Lipinski definition) is 2. The van der Waals surface area contributed by atoms with Gasteiger partial charge in [0.2, 0.25) is 0 Å². The van der Waals surface area contributed by atoms with Gasteiger partial charge in [0, 0.05) is 6.42 Å². The van der Waals surface area contributed by atoms with Gasteiger partial charge in [-0.15, -0.1) is 0 Å². The molecule has 4 heteroatoms. The molecule has 0 fully saturated rings. The molecular weight excluding hydrogens is 219 g/mol. The Hall–Kier alpha value is 0.820. The zero-order chi connectivity index (χ0) is 10.6. The molecular formula is C11H23NaO2S. The summed E-state index contributed by atoms with van der Waals surface area (Å²) in [5, 5.41) is 8.41. The summed E-state index contributed by atoms with van der Waals surface area (Å²) in [4.78, 5) is 10.2. The van der Waals surface area contributed by atoms with Crippen LogP contribution in [0.2, 0.25) is 0 Å². The summed E-state index contributed by atoms with van der Waals surface area (Å²) in [6.45, 7) is 0. The topological polar surface area (TPSA) is 37.3 Å². The van der Waals surface area contributed by atoms with Gasteiger partial charge < -0.3 is 5.11 Å². The quantitative estimate of drug-likeness (QED) is 0.351. The molecule has 0 amide bonds. The maximum absolute atomic E-state index is 10.2. The predicted molar refractivity (Wildman–Crippen MR) is 70.2 cm³/mol. The van der Waals surface area contributed by atoms with Crippen molar-refractivity contribution in [2.75, 3.05) is 5.75 Å². The molecule has 0 aliphatic carbocycles. The summed E-state index contributed by atoms with van der Waals surface area (Å²) in [5.74, 6) is 0.331. The molecule has 0 bridgehead atoms. The third-order valence-electron chi connectivity index (χ3n) is 2.30. The van der Waals surface area contributed by atoms with Gasteiger partial charge in [-0.3, -0.25) is 4.79 Å². The summed E-state index contributed by atoms with van der Waals surface area (Å²) in [6, 6.07) is 0. The molecule has 0 spiro atoms. The van der Waals surface area contributed by atoms with Crippen LogP contribution in [-0.2, 0) is 4.79 Å². The molecule has 0 saturated carbocycles. The minimum absolute atomic E-state index is 0. The standard InChI is InChI=1S/C11H22O2S.Na.H/c12-11(13)9-7-5-3-1-2-4-6-8-10-14;;/h14H,1-10H2,(H,12,13);;. The Bertz CT molecular complexity index is 143. The number of thiol groups is 1. The van der Waals surface area contributed by atoms with Gasteiger partial charge in [-0.05, 0) is 18.6 Å². The van der Waals surface area contributed by atoms with Gasteiger partial charge in [-0.2, -0.15) is 12.6 Å². The van der Waals surface area contributed by atoms with Crippen molar-refractivity contribution in [2.45, 2.75) is 57.8 Å². The Morgan fingerprint density at radius 2 is 1.27 bits per heavy atom. The molecule has 0 unspecified atom stereocenters. The first-order chi connectivity index (χ1) is 6.77. The number of aliphatic carboxylic acids is 1. The molecule has 15 heavy (non-hydrogen) atoms. The number of rotatable bonds is 10. The van der Waals surface area contributed by atoms with Crippen LogP contribution in [0.5, 0.6) is 0 Å². The molecule has 86 valence electrons. The van der Waals surface area contributed by atoms with E-state index in [1.54, 1.807) is 0 Å². The summed E-state index contributed by atoms with van der Waals surface area (Å²) in [6.07, 6.45) is 9.80. The van der Waals surface area contributed by atoms with Crippen LogP contribution >= 0.6 is 12.6 Å². The van der Waals surface area contributed by atoms with Crippen molar-refractivity contribution >= 4 is 48.2 Å². The second kappa shape index (κ2) is 14.8. The van der Waals surface area contributed by atoms with Crippen LogP contribution in [0.1, 0.15) is 57.8 Å². The number of carbonyl (C=O) groups is 1. The van der Waals surface area contributed by atoms with Crippen molar-refractivity contribution in [3.05, 3.63) is 0 Å². The first kappa shape index (κ1) is 18.2. The van der Waals surface area contributed by atoms with E-state index in [1.807, 2.05) is 0 Å². The molecule has 0 aliphatic heterocycles. The van der Waals surface area contributed by atoms with E-state index in [1.165, 1.54) is 38.5 Å². The molecule has 0 heterocycles. The molecule has 2 nitrogen and oxygen atoms in total. The number of hydrogen-bond donors (Lipinski definition) is 2. The van der Waals surface area contributed by atoms with Crippen LogP contribution in [0.15, 0.2) is 0 Å². The van der Waals surface area contributed by atoms with Crippen LogP contribution in [0.25, 0.3) is 0 Å². The third kappa shape index (κ3) is 17.4. The van der Waals surface area contributed by atoms with Crippen molar-refractivity contribution < 1.29 is 9.90 Å². The Kier molecular flexibility index (Phi) is 18.0. The van der Waals surface area contributed by atoms with Crippen molar-refractivity contribution in [1.82, 2.24) is 0 Å². The summed E-state index contributed by atoms with van der Waals surface area (Å²) < 4.78 is 0. The molecule has 0 atom stereocenters. The first-order valence-corrected chi connectivity index (χ1v) is 6.23. The van der Waals surface area contributed by atoms with Gasteiger partial charge in [0.05, 0.1) is 0 Å². The maximum atomic E-state index is 10.2. The average Bonchev–Trinajstić information content (AvgIpc) is 2.15. The second-order valence-electron chi connectivity index (χ2n) is 3.70. The van der Waals surface area contributed by atoms with Crippen molar-refractivity contribution in [3.8, 4) is 0 Å². The molecule has 0 radical (unpaired) electrons. The van der Waals surface area contributed by atoms with E-state index in [4.69, 9.17) is 5.11 Å². The third-order valence-corrected chi connectivity index (χ3v) is 2.61. The molecule has 0 aliphatic rings. The second-order valence-corrected chi connectivity index (χ2v) is 4.14. The molecule has 1 N–H and O–H groups in total. The zero-order valence-corrected chi connectivity index (χ0v) is 9.77.